The van der Waals surface area contributed by atoms with Crippen LogP contribution in [0, 0.1) is 12.7 Å². The summed E-state index contributed by atoms with van der Waals surface area (Å²) in [6.07, 6.45) is 2.84. The van der Waals surface area contributed by atoms with E-state index in [1.807, 2.05) is 0 Å². The van der Waals surface area contributed by atoms with Crippen molar-refractivity contribution < 1.29 is 13.9 Å². The molecule has 0 radical (unpaired) electrons. The van der Waals surface area contributed by atoms with Crippen molar-refractivity contribution in [3.63, 3.8) is 0 Å². The van der Waals surface area contributed by atoms with Crippen LogP contribution in [0.1, 0.15) is 15.9 Å². The molecule has 3 rings (SSSR count). The van der Waals surface area contributed by atoms with Gasteiger partial charge >= 0.3 is 0 Å². The van der Waals surface area contributed by atoms with Gasteiger partial charge in [-0.05, 0) is 42.8 Å². The van der Waals surface area contributed by atoms with Crippen LogP contribution in [0.4, 0.5) is 10.2 Å². The van der Waals surface area contributed by atoms with Gasteiger partial charge < -0.3 is 10.1 Å². The van der Waals surface area contributed by atoms with Crippen molar-refractivity contribution in [1.82, 2.24) is 9.55 Å². The Hall–Kier alpha value is -3.19. The minimum absolute atomic E-state index is 0.165. The summed E-state index contributed by atoms with van der Waals surface area (Å²) in [5.41, 5.74) is 0.873. The first-order valence-electron chi connectivity index (χ1n) is 7.90. The second-order valence-electron chi connectivity index (χ2n) is 5.69. The van der Waals surface area contributed by atoms with Gasteiger partial charge in [-0.3, -0.25) is 14.2 Å². The third kappa shape index (κ3) is 3.83. The van der Waals surface area contributed by atoms with Crippen molar-refractivity contribution >= 4 is 23.3 Å². The fourth-order valence-corrected chi connectivity index (χ4v) is 2.62. The predicted molar refractivity (Wildman–Crippen MR) is 100 cm³/mol. The summed E-state index contributed by atoms with van der Waals surface area (Å²) in [6, 6.07) is 8.26. The molecular formula is C19H15ClFN3O3. The largest absolute Gasteiger partial charge is 0.495 e. The van der Waals surface area contributed by atoms with Crippen LogP contribution in [0.3, 0.4) is 0 Å². The number of amides is 1. The number of methoxy groups -OCH3 is 1. The van der Waals surface area contributed by atoms with E-state index in [1.165, 1.54) is 36.2 Å². The van der Waals surface area contributed by atoms with Gasteiger partial charge in [0.2, 0.25) is 0 Å². The van der Waals surface area contributed by atoms with Gasteiger partial charge in [0.25, 0.3) is 11.5 Å². The van der Waals surface area contributed by atoms with E-state index in [0.29, 0.717) is 16.5 Å². The number of halogens is 2. The van der Waals surface area contributed by atoms with Gasteiger partial charge in [0.05, 0.1) is 12.8 Å². The van der Waals surface area contributed by atoms with E-state index in [1.54, 1.807) is 19.1 Å². The number of nitrogens with one attached hydrogen (secondary N) is 1. The topological polar surface area (TPSA) is 73.2 Å². The summed E-state index contributed by atoms with van der Waals surface area (Å²) in [5.74, 6) is -0.801. The SMILES string of the molecule is COc1cc(Cl)c(C)cc1-n1ccnc(NC(=O)c2ccc(F)cc2)c1=O. The van der Waals surface area contributed by atoms with E-state index in [9.17, 15) is 14.0 Å². The van der Waals surface area contributed by atoms with Gasteiger partial charge in [0.1, 0.15) is 11.6 Å². The van der Waals surface area contributed by atoms with E-state index in [4.69, 9.17) is 16.3 Å². The first-order chi connectivity index (χ1) is 12.9. The molecule has 1 amide bonds. The minimum Gasteiger partial charge on any atom is -0.495 e. The van der Waals surface area contributed by atoms with Gasteiger partial charge in [-0.25, -0.2) is 9.37 Å². The highest BCUT2D eigenvalue weighted by Crippen LogP contribution is 2.29. The number of aryl methyl sites for hydroxylation is 1. The van der Waals surface area contributed by atoms with Crippen molar-refractivity contribution in [2.45, 2.75) is 6.92 Å². The molecule has 6 nitrogen and oxygen atoms in total. The molecule has 0 bridgehead atoms. The van der Waals surface area contributed by atoms with Crippen molar-refractivity contribution in [3.8, 4) is 11.4 Å². The number of nitrogens with zero attached hydrogens (tertiary/aromatic N) is 2. The molecule has 0 spiro atoms. The monoisotopic (exact) mass is 387 g/mol. The zero-order valence-electron chi connectivity index (χ0n) is 14.5. The number of carbonyl (C=O) groups is 1. The Morgan fingerprint density at radius 2 is 1.96 bits per heavy atom. The molecule has 3 aromatic rings. The van der Waals surface area contributed by atoms with E-state index in [2.05, 4.69) is 10.3 Å². The Labute approximate surface area is 159 Å². The number of rotatable bonds is 4. The van der Waals surface area contributed by atoms with Gasteiger partial charge in [0, 0.05) is 29.0 Å². The predicted octanol–water partition coefficient (Wildman–Crippen LogP) is 3.59. The number of hydrogen-bond donors (Lipinski definition) is 1. The van der Waals surface area contributed by atoms with Crippen LogP contribution in [0.5, 0.6) is 5.75 Å². The van der Waals surface area contributed by atoms with Gasteiger partial charge in [-0.1, -0.05) is 11.6 Å². The Bertz CT molecular complexity index is 1060. The normalized spacial score (nSPS) is 10.5. The highest BCUT2D eigenvalue weighted by molar-refractivity contribution is 6.31. The number of ether oxygens (including phenoxy) is 1. The smallest absolute Gasteiger partial charge is 0.298 e. The van der Waals surface area contributed by atoms with Crippen LogP contribution in [0.2, 0.25) is 5.02 Å². The maximum absolute atomic E-state index is 13.0. The second kappa shape index (κ2) is 7.59. The van der Waals surface area contributed by atoms with Crippen molar-refractivity contribution in [1.29, 1.82) is 0 Å². The number of anilines is 1. The lowest BCUT2D eigenvalue weighted by Gasteiger charge is -2.14. The number of carbonyl (C=O) groups excluding carboxylic acids is 1. The van der Waals surface area contributed by atoms with Crippen LogP contribution in [-0.4, -0.2) is 22.6 Å². The molecule has 0 fully saturated rings. The van der Waals surface area contributed by atoms with Gasteiger partial charge in [0.15, 0.2) is 5.82 Å². The Morgan fingerprint density at radius 1 is 1.26 bits per heavy atom. The lowest BCUT2D eigenvalue weighted by atomic mass is 10.2. The van der Waals surface area contributed by atoms with Crippen molar-refractivity contribution in [2.75, 3.05) is 12.4 Å². The molecule has 0 unspecified atom stereocenters. The van der Waals surface area contributed by atoms with Gasteiger partial charge in [-0.2, -0.15) is 0 Å². The lowest BCUT2D eigenvalue weighted by molar-refractivity contribution is 0.102. The second-order valence-corrected chi connectivity index (χ2v) is 6.09. The third-order valence-electron chi connectivity index (χ3n) is 3.90. The van der Waals surface area contributed by atoms with E-state index < -0.39 is 17.3 Å². The summed E-state index contributed by atoms with van der Waals surface area (Å²) in [5, 5.41) is 2.95. The molecule has 2 aromatic carbocycles. The molecule has 0 aliphatic heterocycles. The molecule has 0 saturated heterocycles. The molecule has 1 N–H and O–H groups in total. The summed E-state index contributed by atoms with van der Waals surface area (Å²) in [7, 11) is 1.47. The summed E-state index contributed by atoms with van der Waals surface area (Å²) < 4.78 is 19.6. The third-order valence-corrected chi connectivity index (χ3v) is 4.31. The molecule has 1 aromatic heterocycles. The molecular weight excluding hydrogens is 373 g/mol. The first-order valence-corrected chi connectivity index (χ1v) is 8.27. The quantitative estimate of drug-likeness (QED) is 0.742. The minimum atomic E-state index is -0.573. The van der Waals surface area contributed by atoms with Crippen LogP contribution in [0.25, 0.3) is 5.69 Å². The van der Waals surface area contributed by atoms with E-state index >= 15 is 0 Å². The first kappa shape index (κ1) is 18.6. The molecule has 138 valence electrons. The van der Waals surface area contributed by atoms with Crippen LogP contribution in [-0.2, 0) is 0 Å². The molecule has 27 heavy (non-hydrogen) atoms. The van der Waals surface area contributed by atoms with Crippen molar-refractivity contribution in [2.24, 2.45) is 0 Å². The Morgan fingerprint density at radius 3 is 2.63 bits per heavy atom. The molecule has 0 saturated carbocycles. The fraction of sp³-hybridized carbons (Fsp3) is 0.105. The fourth-order valence-electron chi connectivity index (χ4n) is 2.47. The molecule has 0 aliphatic carbocycles. The molecule has 0 aliphatic rings. The standard InChI is InChI=1S/C19H15ClFN3O3/c1-11-9-15(16(27-2)10-14(11)20)24-8-7-22-17(19(24)26)23-18(25)12-3-5-13(21)6-4-12/h3-10H,1-2H3,(H,22,23,25). The highest BCUT2D eigenvalue weighted by Gasteiger charge is 2.15. The summed E-state index contributed by atoms with van der Waals surface area (Å²) in [4.78, 5) is 29.0. The zero-order valence-corrected chi connectivity index (χ0v) is 15.2. The lowest BCUT2D eigenvalue weighted by Crippen LogP contribution is -2.26. The molecule has 8 heteroatoms. The summed E-state index contributed by atoms with van der Waals surface area (Å²) in [6.45, 7) is 1.80. The maximum atomic E-state index is 13.0. The van der Waals surface area contributed by atoms with E-state index in [0.717, 1.165) is 17.7 Å². The number of aromatic nitrogens is 2. The van der Waals surface area contributed by atoms with E-state index in [-0.39, 0.29) is 11.4 Å². The van der Waals surface area contributed by atoms with Gasteiger partial charge in [-0.15, -0.1) is 0 Å². The zero-order chi connectivity index (χ0) is 19.6. The van der Waals surface area contributed by atoms with Crippen LogP contribution >= 0.6 is 11.6 Å². The average molecular weight is 388 g/mol. The van der Waals surface area contributed by atoms with Crippen LogP contribution in [0.15, 0.2) is 53.6 Å². The Kier molecular flexibility index (Phi) is 5.23. The number of hydrogen-bond acceptors (Lipinski definition) is 4. The maximum Gasteiger partial charge on any atom is 0.298 e. The average Bonchev–Trinajstić information content (AvgIpc) is 2.66. The van der Waals surface area contributed by atoms with Crippen LogP contribution < -0.4 is 15.6 Å². The molecule has 0 atom stereocenters. The van der Waals surface area contributed by atoms with Crippen molar-refractivity contribution in [3.05, 3.63) is 81.1 Å². The molecule has 1 heterocycles. The highest BCUT2D eigenvalue weighted by atomic mass is 35.5. The Balaban J connectivity index is 2.00. The number of benzene rings is 2. The summed E-state index contributed by atoms with van der Waals surface area (Å²) >= 11 is 6.11.